The summed E-state index contributed by atoms with van der Waals surface area (Å²) in [4.78, 5) is 10.5. The Labute approximate surface area is 138 Å². The Morgan fingerprint density at radius 1 is 1.31 bits per heavy atom. The van der Waals surface area contributed by atoms with Crippen molar-refractivity contribution in [3.05, 3.63) is 12.7 Å². The molecule has 0 unspecified atom stereocenters. The van der Waals surface area contributed by atoms with Gasteiger partial charge in [0, 0.05) is 64.1 Å². The van der Waals surface area contributed by atoms with Crippen molar-refractivity contribution >= 4 is 67.5 Å². The van der Waals surface area contributed by atoms with Crippen LogP contribution in [0.5, 0.6) is 0 Å². The number of hydrogen-bond acceptors (Lipinski definition) is 5. The van der Waals surface area contributed by atoms with Gasteiger partial charge in [0.1, 0.15) is 6.61 Å². The Morgan fingerprint density at radius 2 is 1.94 bits per heavy atom. The van der Waals surface area contributed by atoms with E-state index in [2.05, 4.69) is 11.3 Å². The van der Waals surface area contributed by atoms with Gasteiger partial charge in [-0.15, -0.1) is 0 Å². The smallest absolute Gasteiger partial charge is 0.330 e. The van der Waals surface area contributed by atoms with Gasteiger partial charge in [0.05, 0.1) is 12.4 Å². The predicted molar refractivity (Wildman–Crippen MR) is 58.8 cm³/mol. The van der Waals surface area contributed by atoms with Gasteiger partial charge >= 0.3 is 5.97 Å². The zero-order valence-electron chi connectivity index (χ0n) is 9.22. The van der Waals surface area contributed by atoms with Crippen LogP contribution in [0.3, 0.4) is 0 Å². The molecule has 0 aromatic rings. The molecule has 89 valence electrons. The standard InChI is InChI=1S/C8H14O6S.K/c1-2-8(9)14-6-5-13-4-3-7-15(10,11)12;/h2H,1,3-7H2,(H,10,11,12);. The normalized spacial score (nSPS) is 10.3. The molecule has 0 fully saturated rings. The van der Waals surface area contributed by atoms with E-state index >= 15 is 0 Å². The Bertz CT molecular complexity index is 300. The Kier molecular flexibility index (Phi) is 12.9. The van der Waals surface area contributed by atoms with Crippen LogP contribution in [0.2, 0.25) is 0 Å². The molecule has 8 heteroatoms. The maximum absolute atomic E-state index is 10.5. The second kappa shape index (κ2) is 10.8. The molecule has 1 radical (unpaired) electrons. The van der Waals surface area contributed by atoms with Gasteiger partial charge in [-0.1, -0.05) is 6.58 Å². The molecule has 0 atom stereocenters. The third kappa shape index (κ3) is 14.7. The van der Waals surface area contributed by atoms with Crippen LogP contribution in [0.25, 0.3) is 0 Å². The van der Waals surface area contributed by atoms with E-state index in [1.54, 1.807) is 0 Å². The number of esters is 1. The minimum absolute atomic E-state index is 0. The number of carbonyl (C=O) groups excluding carboxylic acids is 1. The number of carbonyl (C=O) groups is 1. The van der Waals surface area contributed by atoms with Crippen LogP contribution in [-0.4, -0.2) is 95.9 Å². The summed E-state index contributed by atoms with van der Waals surface area (Å²) in [6, 6.07) is 0. The molecule has 0 saturated heterocycles. The summed E-state index contributed by atoms with van der Waals surface area (Å²) in [6.07, 6.45) is 1.24. The van der Waals surface area contributed by atoms with E-state index < -0.39 is 16.1 Å². The maximum Gasteiger partial charge on any atom is 0.330 e. The van der Waals surface area contributed by atoms with Gasteiger partial charge in [-0.2, -0.15) is 8.42 Å². The second-order valence-corrected chi connectivity index (χ2v) is 4.20. The molecule has 0 heterocycles. The molecule has 0 saturated carbocycles. The van der Waals surface area contributed by atoms with E-state index in [0.717, 1.165) is 6.08 Å². The first-order chi connectivity index (χ1) is 6.95. The summed E-state index contributed by atoms with van der Waals surface area (Å²) in [6.45, 7) is 3.67. The second-order valence-electron chi connectivity index (χ2n) is 2.62. The summed E-state index contributed by atoms with van der Waals surface area (Å²) in [5.41, 5.74) is 0. The molecular weight excluding hydrogens is 263 g/mol. The Hall–Kier alpha value is 0.716. The van der Waals surface area contributed by atoms with Crippen molar-refractivity contribution in [3.63, 3.8) is 0 Å². The van der Waals surface area contributed by atoms with Crippen molar-refractivity contribution in [1.29, 1.82) is 0 Å². The van der Waals surface area contributed by atoms with Crippen molar-refractivity contribution in [2.45, 2.75) is 6.42 Å². The minimum Gasteiger partial charge on any atom is -0.460 e. The van der Waals surface area contributed by atoms with Gasteiger partial charge in [-0.3, -0.25) is 4.55 Å². The fourth-order valence-corrected chi connectivity index (χ4v) is 1.19. The van der Waals surface area contributed by atoms with Crippen LogP contribution in [0, 0.1) is 0 Å². The molecule has 0 spiro atoms. The van der Waals surface area contributed by atoms with E-state index in [1.165, 1.54) is 0 Å². The van der Waals surface area contributed by atoms with Gasteiger partial charge < -0.3 is 9.47 Å². The third-order valence-electron chi connectivity index (χ3n) is 1.33. The van der Waals surface area contributed by atoms with Crippen molar-refractivity contribution in [2.75, 3.05) is 25.6 Å². The summed E-state index contributed by atoms with van der Waals surface area (Å²) in [5.74, 6) is -0.865. The van der Waals surface area contributed by atoms with Gasteiger partial charge in [0.15, 0.2) is 0 Å². The molecule has 6 nitrogen and oxygen atoms in total. The summed E-state index contributed by atoms with van der Waals surface area (Å²) in [5, 5.41) is 0. The monoisotopic (exact) mass is 277 g/mol. The average Bonchev–Trinajstić information content (AvgIpc) is 2.14. The zero-order valence-corrected chi connectivity index (χ0v) is 13.2. The molecular formula is C8H14KO6S. The fourth-order valence-electron chi connectivity index (χ4n) is 0.706. The first-order valence-corrected chi connectivity index (χ1v) is 5.88. The summed E-state index contributed by atoms with van der Waals surface area (Å²) < 4.78 is 38.4. The molecule has 0 aliphatic carbocycles. The molecule has 0 aliphatic heterocycles. The van der Waals surface area contributed by atoms with Crippen LogP contribution >= 0.6 is 0 Å². The number of ether oxygens (including phenoxy) is 2. The van der Waals surface area contributed by atoms with E-state index in [9.17, 15) is 13.2 Å². The van der Waals surface area contributed by atoms with Gasteiger partial charge in [0.25, 0.3) is 10.1 Å². The minimum atomic E-state index is -3.91. The van der Waals surface area contributed by atoms with Crippen LogP contribution in [0.15, 0.2) is 12.7 Å². The first kappa shape index (κ1) is 19.1. The predicted octanol–water partition coefficient (Wildman–Crippen LogP) is -0.371. The van der Waals surface area contributed by atoms with E-state index in [4.69, 9.17) is 9.29 Å². The van der Waals surface area contributed by atoms with Gasteiger partial charge in [-0.05, 0) is 6.42 Å². The zero-order chi connectivity index (χ0) is 11.7. The molecule has 0 aliphatic rings. The Morgan fingerprint density at radius 3 is 2.44 bits per heavy atom. The summed E-state index contributed by atoms with van der Waals surface area (Å²) in [7, 11) is -3.91. The van der Waals surface area contributed by atoms with Crippen molar-refractivity contribution < 1.29 is 27.2 Å². The topological polar surface area (TPSA) is 89.9 Å². The van der Waals surface area contributed by atoms with E-state index in [-0.39, 0.29) is 83.4 Å². The van der Waals surface area contributed by atoms with Crippen LogP contribution < -0.4 is 0 Å². The summed E-state index contributed by atoms with van der Waals surface area (Å²) >= 11 is 0. The van der Waals surface area contributed by atoms with E-state index in [0.29, 0.717) is 0 Å². The van der Waals surface area contributed by atoms with Crippen LogP contribution in [0.4, 0.5) is 0 Å². The molecule has 16 heavy (non-hydrogen) atoms. The number of hydrogen-bond donors (Lipinski definition) is 1. The van der Waals surface area contributed by atoms with Crippen LogP contribution in [-0.2, 0) is 24.4 Å². The first-order valence-electron chi connectivity index (χ1n) is 4.28. The number of rotatable bonds is 8. The average molecular weight is 277 g/mol. The van der Waals surface area contributed by atoms with Crippen LogP contribution in [0.1, 0.15) is 6.42 Å². The molecule has 0 rings (SSSR count). The molecule has 0 amide bonds. The van der Waals surface area contributed by atoms with E-state index in [1.807, 2.05) is 0 Å². The van der Waals surface area contributed by atoms with Crippen molar-refractivity contribution in [2.24, 2.45) is 0 Å². The molecule has 0 bridgehead atoms. The SMILES string of the molecule is C=CC(=O)OCCOCCCS(=O)(=O)O.[K]. The largest absolute Gasteiger partial charge is 0.460 e. The Balaban J connectivity index is 0. The molecule has 0 aromatic heterocycles. The molecule has 0 aromatic carbocycles. The van der Waals surface area contributed by atoms with Gasteiger partial charge in [-0.25, -0.2) is 4.79 Å². The third-order valence-corrected chi connectivity index (χ3v) is 2.13. The van der Waals surface area contributed by atoms with Crippen molar-refractivity contribution in [1.82, 2.24) is 0 Å². The molecule has 1 N–H and O–H groups in total. The van der Waals surface area contributed by atoms with Crippen molar-refractivity contribution in [3.8, 4) is 0 Å². The fraction of sp³-hybridized carbons (Fsp3) is 0.625. The quantitative estimate of drug-likeness (QED) is 0.214. The van der Waals surface area contributed by atoms with Gasteiger partial charge in [0.2, 0.25) is 0 Å². The maximum atomic E-state index is 10.5.